The number of carbonyl (C=O) groups excluding carboxylic acids is 1. The van der Waals surface area contributed by atoms with Gasteiger partial charge in [0, 0.05) is 22.5 Å². The summed E-state index contributed by atoms with van der Waals surface area (Å²) in [4.78, 5) is 23.2. The number of thiophene rings is 1. The monoisotopic (exact) mass is 448 g/mol. The molecular formula is C22H17ClN6OS. The fourth-order valence-electron chi connectivity index (χ4n) is 3.56. The number of amides is 1. The van der Waals surface area contributed by atoms with Crippen LogP contribution in [0.5, 0.6) is 0 Å². The molecule has 0 saturated carbocycles. The molecule has 1 aromatic carbocycles. The van der Waals surface area contributed by atoms with Crippen molar-refractivity contribution < 1.29 is 4.79 Å². The second kappa shape index (κ2) is 7.98. The molecule has 4 heterocycles. The molecule has 9 heteroatoms. The Kier molecular flexibility index (Phi) is 5.01. The Morgan fingerprint density at radius 3 is 2.74 bits per heavy atom. The van der Waals surface area contributed by atoms with Crippen LogP contribution in [0, 0.1) is 0 Å². The first kappa shape index (κ1) is 19.5. The average molecular weight is 449 g/mol. The summed E-state index contributed by atoms with van der Waals surface area (Å²) in [6.45, 7) is 1.85. The SMILES string of the molecule is CC1=C(C(=O)Nc2ccccn2)C(c2ccccc2Cl)n2nc(-c3cccs3)nc2N1. The second-order valence-corrected chi connectivity index (χ2v) is 8.29. The predicted molar refractivity (Wildman–Crippen MR) is 122 cm³/mol. The number of hydrogen-bond acceptors (Lipinski definition) is 6. The number of nitrogens with one attached hydrogen (secondary N) is 2. The third-order valence-corrected chi connectivity index (χ3v) is 6.16. The van der Waals surface area contributed by atoms with E-state index in [0.29, 0.717) is 33.9 Å². The molecule has 154 valence electrons. The molecule has 0 fully saturated rings. The van der Waals surface area contributed by atoms with E-state index in [1.165, 1.54) is 0 Å². The Morgan fingerprint density at radius 2 is 2.00 bits per heavy atom. The van der Waals surface area contributed by atoms with Gasteiger partial charge in [0.25, 0.3) is 5.91 Å². The first-order valence-corrected chi connectivity index (χ1v) is 10.8. The second-order valence-electron chi connectivity index (χ2n) is 6.94. The number of anilines is 2. The molecule has 0 aliphatic carbocycles. The van der Waals surface area contributed by atoms with E-state index in [1.807, 2.05) is 48.7 Å². The number of fused-ring (bicyclic) bond motifs is 1. The molecule has 0 bridgehead atoms. The Hall–Kier alpha value is -3.49. The minimum Gasteiger partial charge on any atom is -0.328 e. The van der Waals surface area contributed by atoms with Crippen molar-refractivity contribution in [2.24, 2.45) is 0 Å². The first-order chi connectivity index (χ1) is 15.1. The number of rotatable bonds is 4. The Morgan fingerprint density at radius 1 is 1.16 bits per heavy atom. The van der Waals surface area contributed by atoms with Crippen LogP contribution in [0.3, 0.4) is 0 Å². The zero-order chi connectivity index (χ0) is 21.4. The summed E-state index contributed by atoms with van der Waals surface area (Å²) in [5.74, 6) is 1.33. The molecule has 1 aliphatic rings. The van der Waals surface area contributed by atoms with Gasteiger partial charge in [-0.1, -0.05) is 41.9 Å². The molecule has 7 nitrogen and oxygen atoms in total. The highest BCUT2D eigenvalue weighted by Gasteiger charge is 2.35. The molecule has 1 unspecified atom stereocenters. The van der Waals surface area contributed by atoms with Crippen molar-refractivity contribution in [2.45, 2.75) is 13.0 Å². The van der Waals surface area contributed by atoms with Crippen LogP contribution in [0.4, 0.5) is 11.8 Å². The van der Waals surface area contributed by atoms with Crippen molar-refractivity contribution in [3.8, 4) is 10.7 Å². The maximum absolute atomic E-state index is 13.4. The summed E-state index contributed by atoms with van der Waals surface area (Å²) in [6.07, 6.45) is 1.63. The summed E-state index contributed by atoms with van der Waals surface area (Å²) in [6, 6.07) is 16.2. The maximum Gasteiger partial charge on any atom is 0.257 e. The van der Waals surface area contributed by atoms with Gasteiger partial charge in [0.15, 0.2) is 5.82 Å². The summed E-state index contributed by atoms with van der Waals surface area (Å²) in [5, 5.41) is 13.4. The van der Waals surface area contributed by atoms with E-state index in [9.17, 15) is 4.79 Å². The summed E-state index contributed by atoms with van der Waals surface area (Å²) in [5.41, 5.74) is 1.94. The number of allylic oxidation sites excluding steroid dienone is 1. The Bertz CT molecular complexity index is 1280. The Balaban J connectivity index is 1.63. The molecule has 4 aromatic rings. The van der Waals surface area contributed by atoms with Crippen molar-refractivity contribution in [3.63, 3.8) is 0 Å². The van der Waals surface area contributed by atoms with Crippen LogP contribution in [-0.2, 0) is 4.79 Å². The minimum absolute atomic E-state index is 0.285. The number of carbonyl (C=O) groups is 1. The van der Waals surface area contributed by atoms with Gasteiger partial charge in [-0.3, -0.25) is 4.79 Å². The number of nitrogens with zero attached hydrogens (tertiary/aromatic N) is 4. The Labute approximate surface area is 187 Å². The van der Waals surface area contributed by atoms with Crippen LogP contribution >= 0.6 is 22.9 Å². The number of benzene rings is 1. The number of aromatic nitrogens is 4. The van der Waals surface area contributed by atoms with Gasteiger partial charge in [-0.2, -0.15) is 4.98 Å². The van der Waals surface area contributed by atoms with Crippen molar-refractivity contribution >= 4 is 40.6 Å². The summed E-state index contributed by atoms with van der Waals surface area (Å²) < 4.78 is 1.72. The summed E-state index contributed by atoms with van der Waals surface area (Å²) in [7, 11) is 0. The van der Waals surface area contributed by atoms with Gasteiger partial charge in [0.05, 0.1) is 10.5 Å². The van der Waals surface area contributed by atoms with Crippen molar-refractivity contribution in [1.82, 2.24) is 19.7 Å². The predicted octanol–water partition coefficient (Wildman–Crippen LogP) is 4.98. The lowest BCUT2D eigenvalue weighted by Gasteiger charge is -2.29. The zero-order valence-corrected chi connectivity index (χ0v) is 18.0. The van der Waals surface area contributed by atoms with E-state index in [1.54, 1.807) is 40.4 Å². The van der Waals surface area contributed by atoms with Crippen molar-refractivity contribution in [1.29, 1.82) is 0 Å². The largest absolute Gasteiger partial charge is 0.328 e. The lowest BCUT2D eigenvalue weighted by Crippen LogP contribution is -2.31. The minimum atomic E-state index is -0.546. The first-order valence-electron chi connectivity index (χ1n) is 9.57. The molecule has 0 saturated heterocycles. The summed E-state index contributed by atoms with van der Waals surface area (Å²) >= 11 is 8.12. The number of hydrogen-bond donors (Lipinski definition) is 2. The van der Waals surface area contributed by atoms with Gasteiger partial charge in [0.2, 0.25) is 5.95 Å². The van der Waals surface area contributed by atoms with Crippen molar-refractivity contribution in [3.05, 3.63) is 88.0 Å². The van der Waals surface area contributed by atoms with Crippen LogP contribution in [0.1, 0.15) is 18.5 Å². The van der Waals surface area contributed by atoms with Gasteiger partial charge in [-0.05, 0) is 36.6 Å². The molecule has 3 aromatic heterocycles. The van der Waals surface area contributed by atoms with Gasteiger partial charge >= 0.3 is 0 Å². The molecule has 0 spiro atoms. The highest BCUT2D eigenvalue weighted by atomic mass is 35.5. The number of halogens is 1. The zero-order valence-electron chi connectivity index (χ0n) is 16.4. The quantitative estimate of drug-likeness (QED) is 0.459. The third-order valence-electron chi connectivity index (χ3n) is 4.95. The lowest BCUT2D eigenvalue weighted by molar-refractivity contribution is -0.113. The van der Waals surface area contributed by atoms with E-state index < -0.39 is 6.04 Å². The molecule has 1 atom stereocenters. The van der Waals surface area contributed by atoms with Crippen LogP contribution in [0.25, 0.3) is 10.7 Å². The molecule has 2 N–H and O–H groups in total. The van der Waals surface area contributed by atoms with E-state index in [4.69, 9.17) is 16.7 Å². The molecule has 1 aliphatic heterocycles. The molecular weight excluding hydrogens is 432 g/mol. The average Bonchev–Trinajstić information content (AvgIpc) is 3.43. The molecule has 1 amide bonds. The lowest BCUT2D eigenvalue weighted by atomic mass is 9.95. The van der Waals surface area contributed by atoms with E-state index in [2.05, 4.69) is 20.6 Å². The third kappa shape index (κ3) is 3.60. The van der Waals surface area contributed by atoms with Crippen LogP contribution in [-0.4, -0.2) is 25.7 Å². The topological polar surface area (TPSA) is 84.7 Å². The normalized spacial score (nSPS) is 15.4. The van der Waals surface area contributed by atoms with E-state index in [-0.39, 0.29) is 5.91 Å². The fraction of sp³-hybridized carbons (Fsp3) is 0.0909. The van der Waals surface area contributed by atoms with Gasteiger partial charge in [-0.25, -0.2) is 9.67 Å². The van der Waals surface area contributed by atoms with Crippen LogP contribution < -0.4 is 10.6 Å². The van der Waals surface area contributed by atoms with Gasteiger partial charge in [0.1, 0.15) is 11.9 Å². The molecule has 31 heavy (non-hydrogen) atoms. The molecule has 0 radical (unpaired) electrons. The van der Waals surface area contributed by atoms with E-state index >= 15 is 0 Å². The smallest absolute Gasteiger partial charge is 0.257 e. The van der Waals surface area contributed by atoms with Gasteiger partial charge < -0.3 is 10.6 Å². The maximum atomic E-state index is 13.4. The van der Waals surface area contributed by atoms with Crippen molar-refractivity contribution in [2.75, 3.05) is 10.6 Å². The standard InChI is InChI=1S/C22H17ClN6OS/c1-13-18(21(30)26-17-10-4-5-11-24-17)19(14-7-2-3-8-15(14)23)29-22(25-13)27-20(28-29)16-9-6-12-31-16/h2-12,19H,1H3,(H,24,26,30)(H,25,27,28). The highest BCUT2D eigenvalue weighted by molar-refractivity contribution is 7.13. The highest BCUT2D eigenvalue weighted by Crippen LogP contribution is 2.39. The fourth-order valence-corrected chi connectivity index (χ4v) is 4.45. The van der Waals surface area contributed by atoms with E-state index in [0.717, 1.165) is 10.4 Å². The number of pyridine rings is 1. The van der Waals surface area contributed by atoms with Gasteiger partial charge in [-0.15, -0.1) is 16.4 Å². The van der Waals surface area contributed by atoms with Crippen LogP contribution in [0.2, 0.25) is 5.02 Å². The van der Waals surface area contributed by atoms with Crippen LogP contribution in [0.15, 0.2) is 77.4 Å². The molecule has 5 rings (SSSR count).